The SMILES string of the molecule is CC(C)(N)c1cc(Cl)ccc1F.Cl. The molecule has 1 aromatic rings. The molecule has 0 heterocycles. The molecule has 0 unspecified atom stereocenters. The molecule has 0 saturated heterocycles. The minimum Gasteiger partial charge on any atom is -0.322 e. The Morgan fingerprint density at radius 1 is 1.38 bits per heavy atom. The molecule has 1 nitrogen and oxygen atoms in total. The van der Waals surface area contributed by atoms with Crippen LogP contribution in [0.5, 0.6) is 0 Å². The first-order valence-corrected chi connectivity index (χ1v) is 4.03. The Balaban J connectivity index is 0.00000144. The van der Waals surface area contributed by atoms with Crippen LogP contribution in [0.15, 0.2) is 18.2 Å². The average Bonchev–Trinajstić information content (AvgIpc) is 1.92. The van der Waals surface area contributed by atoms with E-state index in [2.05, 4.69) is 0 Å². The lowest BCUT2D eigenvalue weighted by Gasteiger charge is -2.19. The normalized spacial score (nSPS) is 10.8. The molecule has 0 saturated carbocycles. The Morgan fingerprint density at radius 2 is 1.92 bits per heavy atom. The minimum atomic E-state index is -0.686. The van der Waals surface area contributed by atoms with Crippen molar-refractivity contribution < 1.29 is 4.39 Å². The van der Waals surface area contributed by atoms with Crippen molar-refractivity contribution in [3.8, 4) is 0 Å². The molecule has 74 valence electrons. The predicted molar refractivity (Wildman–Crippen MR) is 55.9 cm³/mol. The summed E-state index contributed by atoms with van der Waals surface area (Å²) in [5, 5.41) is 0.505. The van der Waals surface area contributed by atoms with Gasteiger partial charge in [0.15, 0.2) is 0 Å². The highest BCUT2D eigenvalue weighted by atomic mass is 35.5. The smallest absolute Gasteiger partial charge is 0.128 e. The van der Waals surface area contributed by atoms with E-state index in [0.717, 1.165) is 0 Å². The van der Waals surface area contributed by atoms with E-state index in [4.69, 9.17) is 17.3 Å². The van der Waals surface area contributed by atoms with Gasteiger partial charge in [0, 0.05) is 16.1 Å². The quantitative estimate of drug-likeness (QED) is 0.779. The molecular weight excluding hydrogens is 212 g/mol. The molecule has 0 aliphatic rings. The summed E-state index contributed by atoms with van der Waals surface area (Å²) in [5.74, 6) is -0.313. The Hall–Kier alpha value is -0.310. The Kier molecular flexibility index (Phi) is 4.17. The second-order valence-electron chi connectivity index (χ2n) is 3.35. The van der Waals surface area contributed by atoms with Crippen molar-refractivity contribution in [2.75, 3.05) is 0 Å². The highest BCUT2D eigenvalue weighted by Crippen LogP contribution is 2.23. The molecule has 0 aromatic heterocycles. The van der Waals surface area contributed by atoms with Crippen LogP contribution in [0, 0.1) is 5.82 Å². The fourth-order valence-corrected chi connectivity index (χ4v) is 1.16. The van der Waals surface area contributed by atoms with Crippen molar-refractivity contribution >= 4 is 24.0 Å². The molecule has 0 aliphatic carbocycles. The van der Waals surface area contributed by atoms with Crippen LogP contribution in [0.25, 0.3) is 0 Å². The summed E-state index contributed by atoms with van der Waals surface area (Å²) >= 11 is 5.70. The fourth-order valence-electron chi connectivity index (χ4n) is 0.991. The summed E-state index contributed by atoms with van der Waals surface area (Å²) in [5.41, 5.74) is 5.48. The highest BCUT2D eigenvalue weighted by Gasteiger charge is 2.18. The lowest BCUT2D eigenvalue weighted by atomic mass is 9.95. The van der Waals surface area contributed by atoms with E-state index in [1.165, 1.54) is 12.1 Å². The third-order valence-electron chi connectivity index (χ3n) is 1.62. The standard InChI is InChI=1S/C9H11ClFN.ClH/c1-9(2,12)7-5-6(10)3-4-8(7)11;/h3-5H,12H2,1-2H3;1H. The van der Waals surface area contributed by atoms with Gasteiger partial charge in [-0.3, -0.25) is 0 Å². The van der Waals surface area contributed by atoms with E-state index in [1.54, 1.807) is 19.9 Å². The summed E-state index contributed by atoms with van der Waals surface area (Å²) in [4.78, 5) is 0. The Morgan fingerprint density at radius 3 is 2.31 bits per heavy atom. The number of benzene rings is 1. The van der Waals surface area contributed by atoms with Crippen LogP contribution < -0.4 is 5.73 Å². The maximum atomic E-state index is 13.1. The van der Waals surface area contributed by atoms with Crippen molar-refractivity contribution in [1.82, 2.24) is 0 Å². The topological polar surface area (TPSA) is 26.0 Å². The zero-order chi connectivity index (χ0) is 9.35. The molecule has 0 atom stereocenters. The maximum Gasteiger partial charge on any atom is 0.128 e. The average molecular weight is 224 g/mol. The molecule has 0 fully saturated rings. The van der Waals surface area contributed by atoms with Crippen molar-refractivity contribution in [3.05, 3.63) is 34.6 Å². The number of rotatable bonds is 1. The van der Waals surface area contributed by atoms with Gasteiger partial charge in [0.2, 0.25) is 0 Å². The van der Waals surface area contributed by atoms with Crippen molar-refractivity contribution in [2.45, 2.75) is 19.4 Å². The van der Waals surface area contributed by atoms with E-state index in [9.17, 15) is 4.39 Å². The number of hydrogen-bond donors (Lipinski definition) is 1. The first-order valence-electron chi connectivity index (χ1n) is 3.65. The van der Waals surface area contributed by atoms with Crippen molar-refractivity contribution in [1.29, 1.82) is 0 Å². The zero-order valence-electron chi connectivity index (χ0n) is 7.47. The summed E-state index contributed by atoms with van der Waals surface area (Å²) in [7, 11) is 0. The highest BCUT2D eigenvalue weighted by molar-refractivity contribution is 6.30. The van der Waals surface area contributed by atoms with Gasteiger partial charge in [-0.2, -0.15) is 0 Å². The van der Waals surface area contributed by atoms with Crippen LogP contribution in [0.4, 0.5) is 4.39 Å². The van der Waals surface area contributed by atoms with Gasteiger partial charge in [0.05, 0.1) is 0 Å². The van der Waals surface area contributed by atoms with E-state index in [1.807, 2.05) is 0 Å². The number of hydrogen-bond acceptors (Lipinski definition) is 1. The second kappa shape index (κ2) is 4.27. The van der Waals surface area contributed by atoms with Gasteiger partial charge in [-0.25, -0.2) is 4.39 Å². The van der Waals surface area contributed by atoms with Gasteiger partial charge < -0.3 is 5.73 Å². The molecule has 0 radical (unpaired) electrons. The van der Waals surface area contributed by atoms with Crippen LogP contribution in [0.1, 0.15) is 19.4 Å². The number of nitrogens with two attached hydrogens (primary N) is 1. The van der Waals surface area contributed by atoms with Crippen molar-refractivity contribution in [2.24, 2.45) is 5.73 Å². The third-order valence-corrected chi connectivity index (χ3v) is 1.86. The second-order valence-corrected chi connectivity index (χ2v) is 3.78. The van der Waals surface area contributed by atoms with Crippen LogP contribution in [-0.4, -0.2) is 0 Å². The van der Waals surface area contributed by atoms with Gasteiger partial charge in [-0.05, 0) is 32.0 Å². The van der Waals surface area contributed by atoms with Crippen LogP contribution in [-0.2, 0) is 5.54 Å². The van der Waals surface area contributed by atoms with Crippen LogP contribution in [0.3, 0.4) is 0 Å². The monoisotopic (exact) mass is 223 g/mol. The first-order chi connectivity index (χ1) is 5.41. The molecule has 0 spiro atoms. The van der Waals surface area contributed by atoms with E-state index < -0.39 is 5.54 Å². The molecule has 1 rings (SSSR count). The Labute approximate surface area is 88.5 Å². The van der Waals surface area contributed by atoms with Gasteiger partial charge in [0.25, 0.3) is 0 Å². The van der Waals surface area contributed by atoms with E-state index in [-0.39, 0.29) is 18.2 Å². The van der Waals surface area contributed by atoms with Gasteiger partial charge in [-0.1, -0.05) is 11.6 Å². The molecule has 0 bridgehead atoms. The number of halogens is 3. The molecule has 4 heteroatoms. The molecular formula is C9H12Cl2FN. The predicted octanol–water partition coefficient (Wildman–Crippen LogP) is 3.09. The van der Waals surface area contributed by atoms with Gasteiger partial charge >= 0.3 is 0 Å². The Bertz CT molecular complexity index is 294. The minimum absolute atomic E-state index is 0. The molecule has 13 heavy (non-hydrogen) atoms. The zero-order valence-corrected chi connectivity index (χ0v) is 9.05. The maximum absolute atomic E-state index is 13.1. The summed E-state index contributed by atoms with van der Waals surface area (Å²) < 4.78 is 13.1. The molecule has 2 N–H and O–H groups in total. The third kappa shape index (κ3) is 3.14. The lowest BCUT2D eigenvalue weighted by Crippen LogP contribution is -2.29. The van der Waals surface area contributed by atoms with E-state index in [0.29, 0.717) is 10.6 Å². The first kappa shape index (κ1) is 12.7. The summed E-state index contributed by atoms with van der Waals surface area (Å²) in [6.45, 7) is 3.48. The van der Waals surface area contributed by atoms with Crippen LogP contribution >= 0.6 is 24.0 Å². The fraction of sp³-hybridized carbons (Fsp3) is 0.333. The van der Waals surface area contributed by atoms with Crippen molar-refractivity contribution in [3.63, 3.8) is 0 Å². The lowest BCUT2D eigenvalue weighted by molar-refractivity contribution is 0.501. The van der Waals surface area contributed by atoms with Crippen LogP contribution in [0.2, 0.25) is 5.02 Å². The largest absolute Gasteiger partial charge is 0.322 e. The summed E-state index contributed by atoms with van der Waals surface area (Å²) in [6.07, 6.45) is 0. The van der Waals surface area contributed by atoms with Gasteiger partial charge in [0.1, 0.15) is 5.82 Å². The molecule has 0 amide bonds. The van der Waals surface area contributed by atoms with Gasteiger partial charge in [-0.15, -0.1) is 12.4 Å². The molecule has 1 aromatic carbocycles. The summed E-state index contributed by atoms with van der Waals surface area (Å²) in [6, 6.07) is 4.38. The molecule has 0 aliphatic heterocycles. The van der Waals surface area contributed by atoms with E-state index >= 15 is 0 Å².